The van der Waals surface area contributed by atoms with Crippen molar-refractivity contribution in [1.82, 2.24) is 0 Å². The van der Waals surface area contributed by atoms with Gasteiger partial charge in [-0.25, -0.2) is 4.79 Å². The maximum absolute atomic E-state index is 12.5. The van der Waals surface area contributed by atoms with Gasteiger partial charge in [0.25, 0.3) is 0 Å². The molecule has 39 heavy (non-hydrogen) atoms. The molecular formula is C30H46O9. The van der Waals surface area contributed by atoms with Crippen LogP contribution in [0.2, 0.25) is 0 Å². The van der Waals surface area contributed by atoms with Gasteiger partial charge in [0.2, 0.25) is 0 Å². The highest BCUT2D eigenvalue weighted by Crippen LogP contribution is 2.73. The standard InChI is InChI=1S/C30H46O9/c1-18-25(33)22(36-3)14-24(38-18)39-19-4-10-28(16-31)20-5-8-26(2)27(9-7-23(32)37-17-27)12-13-30(26,35)21(20)6-11-29(28,34)15-19/h7,9,18-22,24-25,31,33-35H,4-6,8,10-17H2,1-3H3/t18-,19+,20-,21+,22+,24-,25-,26-,27-,28+,29-,30+/m1/s1. The van der Waals surface area contributed by atoms with E-state index in [1.54, 1.807) is 14.0 Å². The second kappa shape index (κ2) is 9.48. The summed E-state index contributed by atoms with van der Waals surface area (Å²) in [5.41, 5.74) is -3.58. The van der Waals surface area contributed by atoms with Crippen LogP contribution < -0.4 is 0 Å². The van der Waals surface area contributed by atoms with Crippen molar-refractivity contribution in [2.45, 2.75) is 120 Å². The van der Waals surface area contributed by atoms with Crippen molar-refractivity contribution in [3.63, 3.8) is 0 Å². The summed E-state index contributed by atoms with van der Waals surface area (Å²) in [5.74, 6) is -0.376. The smallest absolute Gasteiger partial charge is 0.330 e. The Morgan fingerprint density at radius 3 is 2.54 bits per heavy atom. The second-order valence-electron chi connectivity index (χ2n) is 13.8. The molecule has 1 saturated heterocycles. The molecule has 6 rings (SSSR count). The first-order valence-corrected chi connectivity index (χ1v) is 14.9. The summed E-state index contributed by atoms with van der Waals surface area (Å²) in [5, 5.41) is 46.0. The Kier molecular flexibility index (Phi) is 6.82. The first-order chi connectivity index (χ1) is 18.5. The van der Waals surface area contributed by atoms with E-state index in [0.29, 0.717) is 51.6 Å². The summed E-state index contributed by atoms with van der Waals surface area (Å²) in [4.78, 5) is 11.8. The summed E-state index contributed by atoms with van der Waals surface area (Å²) in [7, 11) is 1.58. The lowest BCUT2D eigenvalue weighted by Gasteiger charge is -2.67. The van der Waals surface area contributed by atoms with E-state index in [1.807, 2.05) is 6.08 Å². The predicted molar refractivity (Wildman–Crippen MR) is 139 cm³/mol. The van der Waals surface area contributed by atoms with Gasteiger partial charge in [-0.3, -0.25) is 0 Å². The Hall–Kier alpha value is -1.07. The number of hydrogen-bond acceptors (Lipinski definition) is 9. The van der Waals surface area contributed by atoms with Crippen LogP contribution >= 0.6 is 0 Å². The number of hydrogen-bond donors (Lipinski definition) is 4. The van der Waals surface area contributed by atoms with Crippen molar-refractivity contribution in [1.29, 1.82) is 0 Å². The molecule has 0 aromatic heterocycles. The van der Waals surface area contributed by atoms with Gasteiger partial charge in [-0.2, -0.15) is 0 Å². The Bertz CT molecular complexity index is 1000. The molecule has 2 heterocycles. The minimum absolute atomic E-state index is 0.00971. The lowest BCUT2D eigenvalue weighted by molar-refractivity contribution is -0.300. The molecular weight excluding hydrogens is 504 g/mol. The highest BCUT2D eigenvalue weighted by molar-refractivity contribution is 5.83. The number of aliphatic hydroxyl groups excluding tert-OH is 2. The van der Waals surface area contributed by atoms with Crippen LogP contribution in [0.1, 0.15) is 78.1 Å². The third-order valence-electron chi connectivity index (χ3n) is 12.6. The molecule has 6 aliphatic rings. The van der Waals surface area contributed by atoms with E-state index in [0.717, 1.165) is 19.3 Å². The SMILES string of the molecule is CO[C@H]1C[C@@H](O[C@H]2CC[C@]3(CO)[C@@H]4CC[C@]5(C)[C@]6(C=CC(=O)OC6)CC[C@]5(O)[C@H]4CC[C@@]3(O)C2)O[C@H](C)[C@H]1O. The maximum Gasteiger partial charge on any atom is 0.330 e. The van der Waals surface area contributed by atoms with E-state index < -0.39 is 40.5 Å². The van der Waals surface area contributed by atoms with Crippen LogP contribution in [0.4, 0.5) is 0 Å². The van der Waals surface area contributed by atoms with Gasteiger partial charge in [0.05, 0.1) is 36.1 Å². The first-order valence-electron chi connectivity index (χ1n) is 14.9. The van der Waals surface area contributed by atoms with Crippen molar-refractivity contribution in [3.8, 4) is 0 Å². The Morgan fingerprint density at radius 1 is 1.08 bits per heavy atom. The molecule has 0 unspecified atom stereocenters. The number of carbonyl (C=O) groups excluding carboxylic acids is 1. The van der Waals surface area contributed by atoms with Gasteiger partial charge >= 0.3 is 5.97 Å². The van der Waals surface area contributed by atoms with E-state index in [4.69, 9.17) is 18.9 Å². The number of ether oxygens (including phenoxy) is 4. The minimum atomic E-state index is -1.10. The number of aliphatic hydroxyl groups is 4. The number of fused-ring (bicyclic) bond motifs is 6. The Labute approximate surface area is 230 Å². The van der Waals surface area contributed by atoms with E-state index in [-0.39, 0.29) is 42.0 Å². The van der Waals surface area contributed by atoms with Crippen LogP contribution in [0.25, 0.3) is 0 Å². The van der Waals surface area contributed by atoms with Crippen LogP contribution in [0.5, 0.6) is 0 Å². The van der Waals surface area contributed by atoms with Crippen LogP contribution in [-0.2, 0) is 23.7 Å². The van der Waals surface area contributed by atoms with Gasteiger partial charge in [0.1, 0.15) is 12.7 Å². The lowest BCUT2D eigenvalue weighted by Crippen LogP contribution is -2.70. The van der Waals surface area contributed by atoms with Gasteiger partial charge < -0.3 is 39.4 Å². The number of cyclic esters (lactones) is 1. The Morgan fingerprint density at radius 2 is 1.85 bits per heavy atom. The van der Waals surface area contributed by atoms with Crippen LogP contribution in [0, 0.1) is 28.1 Å². The number of carbonyl (C=O) groups is 1. The first kappa shape index (κ1) is 28.1. The van der Waals surface area contributed by atoms with E-state index >= 15 is 0 Å². The molecule has 0 radical (unpaired) electrons. The molecule has 9 heteroatoms. The van der Waals surface area contributed by atoms with Gasteiger partial charge in [-0.1, -0.05) is 13.0 Å². The molecule has 9 nitrogen and oxygen atoms in total. The number of methoxy groups -OCH3 is 1. The predicted octanol–water partition coefficient (Wildman–Crippen LogP) is 2.23. The fraction of sp³-hybridized carbons (Fsp3) is 0.900. The molecule has 0 aromatic carbocycles. The van der Waals surface area contributed by atoms with Gasteiger partial charge in [0, 0.05) is 42.3 Å². The molecule has 12 atom stereocenters. The zero-order valence-corrected chi connectivity index (χ0v) is 23.5. The Balaban J connectivity index is 1.22. The van der Waals surface area contributed by atoms with E-state index in [1.165, 1.54) is 6.08 Å². The molecule has 0 amide bonds. The summed E-state index contributed by atoms with van der Waals surface area (Å²) in [6.45, 7) is 4.14. The molecule has 2 aliphatic heterocycles. The zero-order chi connectivity index (χ0) is 27.8. The van der Waals surface area contributed by atoms with Crippen molar-refractivity contribution >= 4 is 5.97 Å². The van der Waals surface area contributed by atoms with Crippen molar-refractivity contribution in [2.75, 3.05) is 20.3 Å². The molecule has 4 aliphatic carbocycles. The maximum atomic E-state index is 12.5. The van der Waals surface area contributed by atoms with Gasteiger partial charge in [-0.05, 0) is 70.1 Å². The van der Waals surface area contributed by atoms with Crippen molar-refractivity contribution in [3.05, 3.63) is 12.2 Å². The number of rotatable bonds is 4. The van der Waals surface area contributed by atoms with Gasteiger partial charge in [0.15, 0.2) is 6.29 Å². The molecule has 4 saturated carbocycles. The zero-order valence-electron chi connectivity index (χ0n) is 23.5. The normalized spacial score (nSPS) is 55.1. The lowest BCUT2D eigenvalue weighted by atomic mass is 9.40. The largest absolute Gasteiger partial charge is 0.462 e. The fourth-order valence-corrected chi connectivity index (χ4v) is 10.2. The van der Waals surface area contributed by atoms with Crippen LogP contribution in [-0.4, -0.2) is 88.6 Å². The van der Waals surface area contributed by atoms with Crippen LogP contribution in [0.3, 0.4) is 0 Å². The molecule has 1 spiro atoms. The third-order valence-corrected chi connectivity index (χ3v) is 12.6. The monoisotopic (exact) mass is 550 g/mol. The molecule has 220 valence electrons. The molecule has 0 bridgehead atoms. The van der Waals surface area contributed by atoms with Gasteiger partial charge in [-0.15, -0.1) is 0 Å². The van der Waals surface area contributed by atoms with E-state index in [2.05, 4.69) is 6.92 Å². The summed E-state index contributed by atoms with van der Waals surface area (Å²) < 4.78 is 23.2. The highest BCUT2D eigenvalue weighted by Gasteiger charge is 2.74. The van der Waals surface area contributed by atoms with Crippen molar-refractivity contribution < 1.29 is 44.2 Å². The fourth-order valence-electron chi connectivity index (χ4n) is 10.2. The average molecular weight is 551 g/mol. The third kappa shape index (κ3) is 3.80. The summed E-state index contributed by atoms with van der Waals surface area (Å²) in [6.07, 6.45) is 7.49. The second-order valence-corrected chi connectivity index (χ2v) is 13.8. The average Bonchev–Trinajstić information content (AvgIpc) is 3.14. The van der Waals surface area contributed by atoms with Crippen molar-refractivity contribution in [2.24, 2.45) is 28.1 Å². The summed E-state index contributed by atoms with van der Waals surface area (Å²) in [6, 6.07) is 0. The quantitative estimate of drug-likeness (QED) is 0.307. The van der Waals surface area contributed by atoms with Crippen LogP contribution in [0.15, 0.2) is 12.2 Å². The molecule has 0 aromatic rings. The number of esters is 1. The molecule has 4 N–H and O–H groups in total. The molecule has 5 fully saturated rings. The highest BCUT2D eigenvalue weighted by atomic mass is 16.7. The summed E-state index contributed by atoms with van der Waals surface area (Å²) >= 11 is 0. The van der Waals surface area contributed by atoms with E-state index in [9.17, 15) is 25.2 Å². The minimum Gasteiger partial charge on any atom is -0.462 e. The topological polar surface area (TPSA) is 135 Å².